The van der Waals surface area contributed by atoms with Crippen LogP contribution in [0.25, 0.3) is 22.3 Å². The fourth-order valence-electron chi connectivity index (χ4n) is 3.31. The molecule has 0 aliphatic carbocycles. The highest BCUT2D eigenvalue weighted by Gasteiger charge is 2.46. The predicted octanol–water partition coefficient (Wildman–Crippen LogP) is 4.47. The number of fused-ring (bicyclic) bond motifs is 1. The van der Waals surface area contributed by atoms with Crippen molar-refractivity contribution >= 4 is 37.9 Å². The molecule has 5 nitrogen and oxygen atoms in total. The van der Waals surface area contributed by atoms with Gasteiger partial charge in [0.1, 0.15) is 22.7 Å². The highest BCUT2D eigenvalue weighted by molar-refractivity contribution is 7.90. The summed E-state index contributed by atoms with van der Waals surface area (Å²) in [5.41, 5.74) is 0.717. The number of benzene rings is 2. The zero-order chi connectivity index (χ0) is 20.1. The maximum Gasteiger partial charge on any atom is 0.213 e. The molecule has 6 heteroatoms. The van der Waals surface area contributed by atoms with Gasteiger partial charge in [0.2, 0.25) is 5.78 Å². The molecule has 0 N–H and O–H groups in total. The Kier molecular flexibility index (Phi) is 4.19. The summed E-state index contributed by atoms with van der Waals surface area (Å²) in [4.78, 5) is 13.4. The van der Waals surface area contributed by atoms with E-state index in [1.54, 1.807) is 19.1 Å². The summed E-state index contributed by atoms with van der Waals surface area (Å²) in [6.07, 6.45) is 1.66. The van der Waals surface area contributed by atoms with Crippen LogP contribution in [0.4, 0.5) is 0 Å². The van der Waals surface area contributed by atoms with Gasteiger partial charge in [-0.1, -0.05) is 25.1 Å². The van der Waals surface area contributed by atoms with E-state index in [1.807, 2.05) is 37.3 Å². The monoisotopic (exact) mass is 396 g/mol. The first-order valence-corrected chi connectivity index (χ1v) is 10.9. The Morgan fingerprint density at radius 3 is 2.32 bits per heavy atom. The molecule has 1 aromatic heterocycles. The van der Waals surface area contributed by atoms with Gasteiger partial charge >= 0.3 is 0 Å². The van der Waals surface area contributed by atoms with Crippen molar-refractivity contribution in [3.05, 3.63) is 65.9 Å². The number of hydrogen-bond donors (Lipinski definition) is 0. The number of ketones is 1. The lowest BCUT2D eigenvalue weighted by atomic mass is 9.92. The van der Waals surface area contributed by atoms with E-state index in [-0.39, 0.29) is 10.7 Å². The van der Waals surface area contributed by atoms with Gasteiger partial charge in [0, 0.05) is 17.2 Å². The van der Waals surface area contributed by atoms with Crippen molar-refractivity contribution in [2.75, 3.05) is 6.26 Å². The zero-order valence-corrected chi connectivity index (χ0v) is 16.7. The van der Waals surface area contributed by atoms with E-state index in [0.717, 1.165) is 11.6 Å². The second-order valence-corrected chi connectivity index (χ2v) is 9.18. The van der Waals surface area contributed by atoms with E-state index in [1.165, 1.54) is 12.1 Å². The predicted molar refractivity (Wildman–Crippen MR) is 107 cm³/mol. The molecule has 0 bridgehead atoms. The second-order valence-electron chi connectivity index (χ2n) is 7.16. The lowest BCUT2D eigenvalue weighted by Crippen LogP contribution is -2.32. The zero-order valence-electron chi connectivity index (χ0n) is 15.9. The summed E-state index contributed by atoms with van der Waals surface area (Å²) < 4.78 is 35.5. The Hall–Kier alpha value is -2.86. The van der Waals surface area contributed by atoms with Crippen LogP contribution >= 0.6 is 0 Å². The van der Waals surface area contributed by atoms with Crippen LogP contribution in [-0.2, 0) is 19.4 Å². The van der Waals surface area contributed by atoms with Gasteiger partial charge < -0.3 is 9.15 Å². The van der Waals surface area contributed by atoms with E-state index in [9.17, 15) is 13.2 Å². The van der Waals surface area contributed by atoms with Crippen LogP contribution in [0, 0.1) is 0 Å². The van der Waals surface area contributed by atoms with Crippen LogP contribution < -0.4 is 0 Å². The largest absolute Gasteiger partial charge is 0.478 e. The van der Waals surface area contributed by atoms with Gasteiger partial charge in [0.15, 0.2) is 15.4 Å². The van der Waals surface area contributed by atoms with Crippen molar-refractivity contribution in [2.45, 2.75) is 30.8 Å². The number of ether oxygens (including phenoxy) is 1. The lowest BCUT2D eigenvalue weighted by Gasteiger charge is -2.21. The van der Waals surface area contributed by atoms with Gasteiger partial charge in [-0.15, -0.1) is 0 Å². The number of sulfone groups is 1. The van der Waals surface area contributed by atoms with Gasteiger partial charge in [-0.3, -0.25) is 4.79 Å². The van der Waals surface area contributed by atoms with E-state index >= 15 is 0 Å². The maximum absolute atomic E-state index is 13.2. The first-order valence-electron chi connectivity index (χ1n) is 9.00. The number of hydrogen-bond acceptors (Lipinski definition) is 5. The van der Waals surface area contributed by atoms with Crippen molar-refractivity contribution in [2.24, 2.45) is 0 Å². The van der Waals surface area contributed by atoms with Gasteiger partial charge in [0.25, 0.3) is 0 Å². The third-order valence-corrected chi connectivity index (χ3v) is 6.28. The number of para-hydroxylation sites is 1. The van der Waals surface area contributed by atoms with Crippen LogP contribution in [0.3, 0.4) is 0 Å². The Balaban J connectivity index is 1.90. The minimum Gasteiger partial charge on any atom is -0.478 e. The van der Waals surface area contributed by atoms with Gasteiger partial charge in [0.05, 0.1) is 4.90 Å². The summed E-state index contributed by atoms with van der Waals surface area (Å²) in [6, 6.07) is 15.7. The Labute approximate surface area is 163 Å². The minimum atomic E-state index is -3.31. The van der Waals surface area contributed by atoms with Gasteiger partial charge in [-0.05, 0) is 49.7 Å². The molecule has 0 amide bonds. The fraction of sp³-hybridized carbons (Fsp3) is 0.227. The quantitative estimate of drug-likeness (QED) is 0.650. The third kappa shape index (κ3) is 2.94. The SMILES string of the molecule is CCC1(C)OC(c2ccc(S(C)(=O)=O)cc2)=C(c2cc3ccccc3o2)C1=O. The van der Waals surface area contributed by atoms with Crippen LogP contribution in [0.5, 0.6) is 0 Å². The van der Waals surface area contributed by atoms with Crippen molar-refractivity contribution in [3.8, 4) is 0 Å². The molecule has 1 unspecified atom stereocenters. The molecule has 0 spiro atoms. The first kappa shape index (κ1) is 18.5. The topological polar surface area (TPSA) is 73.6 Å². The molecule has 3 aromatic rings. The number of carbonyl (C=O) groups is 1. The molecule has 1 aliphatic heterocycles. The highest BCUT2D eigenvalue weighted by Crippen LogP contribution is 2.44. The summed E-state index contributed by atoms with van der Waals surface area (Å²) >= 11 is 0. The summed E-state index contributed by atoms with van der Waals surface area (Å²) in [5.74, 6) is 0.718. The van der Waals surface area contributed by atoms with Crippen molar-refractivity contribution in [1.82, 2.24) is 0 Å². The molecule has 28 heavy (non-hydrogen) atoms. The number of Topliss-reactive ketones (excluding diaryl/α,β-unsaturated/α-hetero) is 1. The van der Waals surface area contributed by atoms with Crippen LogP contribution in [-0.4, -0.2) is 26.1 Å². The van der Waals surface area contributed by atoms with Crippen molar-refractivity contribution in [3.63, 3.8) is 0 Å². The standard InChI is InChI=1S/C22H20O5S/c1-4-22(2)21(23)19(18-13-15-7-5-6-8-17(15)26-18)20(27-22)14-9-11-16(12-10-14)28(3,24)25/h5-13H,4H2,1-3H3. The molecule has 1 aliphatic rings. The Morgan fingerprint density at radius 2 is 1.71 bits per heavy atom. The van der Waals surface area contributed by atoms with Crippen LogP contribution in [0.2, 0.25) is 0 Å². The molecule has 144 valence electrons. The van der Waals surface area contributed by atoms with Crippen LogP contribution in [0.1, 0.15) is 31.6 Å². The van der Waals surface area contributed by atoms with E-state index in [4.69, 9.17) is 9.15 Å². The van der Waals surface area contributed by atoms with Crippen molar-refractivity contribution < 1.29 is 22.4 Å². The van der Waals surface area contributed by atoms with Gasteiger partial charge in [-0.25, -0.2) is 8.42 Å². The van der Waals surface area contributed by atoms with E-state index in [0.29, 0.717) is 34.7 Å². The van der Waals surface area contributed by atoms with Crippen LogP contribution in [0.15, 0.2) is 63.9 Å². The second kappa shape index (κ2) is 6.34. The fourth-order valence-corrected chi connectivity index (χ4v) is 3.94. The number of carbonyl (C=O) groups excluding carboxylic acids is 1. The molecule has 2 aromatic carbocycles. The molecule has 0 radical (unpaired) electrons. The minimum absolute atomic E-state index is 0.142. The molecule has 4 rings (SSSR count). The first-order chi connectivity index (χ1) is 13.2. The molecular formula is C22H20O5S. The summed E-state index contributed by atoms with van der Waals surface area (Å²) in [7, 11) is -3.31. The van der Waals surface area contributed by atoms with Gasteiger partial charge in [-0.2, -0.15) is 0 Å². The summed E-state index contributed by atoms with van der Waals surface area (Å²) in [5, 5.41) is 0.898. The highest BCUT2D eigenvalue weighted by atomic mass is 32.2. The lowest BCUT2D eigenvalue weighted by molar-refractivity contribution is -0.126. The molecule has 0 saturated carbocycles. The molecule has 0 saturated heterocycles. The van der Waals surface area contributed by atoms with E-state index in [2.05, 4.69) is 0 Å². The molecule has 1 atom stereocenters. The number of furan rings is 1. The van der Waals surface area contributed by atoms with E-state index < -0.39 is 15.4 Å². The molecule has 2 heterocycles. The Morgan fingerprint density at radius 1 is 1.04 bits per heavy atom. The normalized spacial score (nSPS) is 20.0. The number of rotatable bonds is 4. The molecular weight excluding hydrogens is 376 g/mol. The average Bonchev–Trinajstić information content (AvgIpc) is 3.20. The Bertz CT molecular complexity index is 1180. The smallest absolute Gasteiger partial charge is 0.213 e. The molecule has 0 fully saturated rings. The third-order valence-electron chi connectivity index (χ3n) is 5.15. The summed E-state index contributed by atoms with van der Waals surface area (Å²) in [6.45, 7) is 3.65. The van der Waals surface area contributed by atoms with Crippen molar-refractivity contribution in [1.29, 1.82) is 0 Å². The maximum atomic E-state index is 13.2. The average molecular weight is 396 g/mol.